The van der Waals surface area contributed by atoms with Crippen molar-refractivity contribution in [2.75, 3.05) is 12.0 Å². The maximum absolute atomic E-state index is 5.35. The van der Waals surface area contributed by atoms with E-state index in [-0.39, 0.29) is 0 Å². The second-order valence-corrected chi connectivity index (χ2v) is 6.43. The van der Waals surface area contributed by atoms with Gasteiger partial charge in [-0.2, -0.15) is 0 Å². The Morgan fingerprint density at radius 3 is 2.89 bits per heavy atom. The number of anilines is 1. The molecule has 2 fully saturated rings. The molecule has 1 aromatic rings. The summed E-state index contributed by atoms with van der Waals surface area (Å²) in [5.41, 5.74) is 2.57. The van der Waals surface area contributed by atoms with Gasteiger partial charge in [0.15, 0.2) is 0 Å². The molecule has 5 nitrogen and oxygen atoms in total. The van der Waals surface area contributed by atoms with Crippen LogP contribution in [0.3, 0.4) is 0 Å². The summed E-state index contributed by atoms with van der Waals surface area (Å²) in [5.74, 6) is 6.27. The summed E-state index contributed by atoms with van der Waals surface area (Å²) in [6, 6.07) is 0.783. The number of likely N-dealkylation sites (tertiary alicyclic amines) is 1. The molecular weight excluding hydrogens is 246 g/mol. The van der Waals surface area contributed by atoms with Gasteiger partial charge in [-0.05, 0) is 38.1 Å². The number of piperidine rings is 1. The first-order valence-electron chi connectivity index (χ1n) is 6.90. The van der Waals surface area contributed by atoms with E-state index >= 15 is 0 Å². The number of nitrogens with one attached hydrogen (secondary N) is 1. The van der Waals surface area contributed by atoms with Gasteiger partial charge in [0.1, 0.15) is 5.01 Å². The highest BCUT2D eigenvalue weighted by Crippen LogP contribution is 2.36. The number of aromatic nitrogens is 2. The summed E-state index contributed by atoms with van der Waals surface area (Å²) >= 11 is 1.57. The van der Waals surface area contributed by atoms with Crippen molar-refractivity contribution in [3.05, 3.63) is 5.01 Å². The van der Waals surface area contributed by atoms with Crippen LogP contribution >= 0.6 is 11.3 Å². The third-order valence-electron chi connectivity index (χ3n) is 4.29. The Morgan fingerprint density at radius 2 is 2.06 bits per heavy atom. The summed E-state index contributed by atoms with van der Waals surface area (Å²) in [6.45, 7) is 2.16. The lowest BCUT2D eigenvalue weighted by molar-refractivity contribution is 0.0545. The van der Waals surface area contributed by atoms with Crippen LogP contribution in [0.4, 0.5) is 5.13 Å². The highest BCUT2D eigenvalue weighted by molar-refractivity contribution is 7.15. The van der Waals surface area contributed by atoms with Gasteiger partial charge in [0.25, 0.3) is 0 Å². The van der Waals surface area contributed by atoms with Crippen molar-refractivity contribution in [3.8, 4) is 0 Å². The van der Waals surface area contributed by atoms with Gasteiger partial charge in [-0.15, -0.1) is 10.2 Å². The van der Waals surface area contributed by atoms with Crippen molar-refractivity contribution >= 4 is 16.5 Å². The average Bonchev–Trinajstić information content (AvgIpc) is 2.87. The first-order chi connectivity index (χ1) is 8.86. The molecule has 2 aliphatic rings. The molecule has 1 aromatic heterocycles. The number of nitrogens with two attached hydrogens (primary N) is 1. The van der Waals surface area contributed by atoms with Crippen LogP contribution in [0.25, 0.3) is 0 Å². The first kappa shape index (κ1) is 12.3. The minimum Gasteiger partial charge on any atom is -0.298 e. The minimum atomic E-state index is 0.710. The van der Waals surface area contributed by atoms with Crippen LogP contribution in [0.2, 0.25) is 0 Å². The quantitative estimate of drug-likeness (QED) is 0.647. The predicted molar refractivity (Wildman–Crippen MR) is 73.1 cm³/mol. The highest BCUT2D eigenvalue weighted by Gasteiger charge is 2.33. The second kappa shape index (κ2) is 5.50. The summed E-state index contributed by atoms with van der Waals surface area (Å²) in [6.07, 6.45) is 8.37. The van der Waals surface area contributed by atoms with Crippen molar-refractivity contribution in [3.63, 3.8) is 0 Å². The van der Waals surface area contributed by atoms with Gasteiger partial charge < -0.3 is 0 Å². The molecule has 1 aliphatic carbocycles. The minimum absolute atomic E-state index is 0.710. The van der Waals surface area contributed by atoms with Crippen molar-refractivity contribution in [2.45, 2.75) is 51.1 Å². The normalized spacial score (nSPS) is 28.9. The van der Waals surface area contributed by atoms with E-state index in [9.17, 15) is 0 Å². The van der Waals surface area contributed by atoms with Gasteiger partial charge in [-0.25, -0.2) is 5.84 Å². The molecule has 100 valence electrons. The van der Waals surface area contributed by atoms with Crippen LogP contribution in [0.5, 0.6) is 0 Å². The van der Waals surface area contributed by atoms with E-state index in [1.54, 1.807) is 11.3 Å². The molecule has 1 aliphatic heterocycles. The Labute approximate surface area is 112 Å². The fraction of sp³-hybridized carbons (Fsp3) is 0.833. The number of hydrazine groups is 1. The van der Waals surface area contributed by atoms with Crippen molar-refractivity contribution in [1.29, 1.82) is 0 Å². The second-order valence-electron chi connectivity index (χ2n) is 5.37. The van der Waals surface area contributed by atoms with Gasteiger partial charge in [0.2, 0.25) is 5.13 Å². The number of hydrogen-bond acceptors (Lipinski definition) is 6. The smallest absolute Gasteiger partial charge is 0.219 e. The monoisotopic (exact) mass is 267 g/mol. The van der Waals surface area contributed by atoms with Gasteiger partial charge in [-0.3, -0.25) is 10.3 Å². The van der Waals surface area contributed by atoms with Crippen LogP contribution in [-0.2, 0) is 6.54 Å². The fourth-order valence-electron chi connectivity index (χ4n) is 3.47. The molecule has 0 aromatic carbocycles. The highest BCUT2D eigenvalue weighted by atomic mass is 32.1. The van der Waals surface area contributed by atoms with E-state index in [4.69, 9.17) is 5.84 Å². The lowest BCUT2D eigenvalue weighted by Crippen LogP contribution is -2.46. The largest absolute Gasteiger partial charge is 0.298 e. The van der Waals surface area contributed by atoms with Crippen LogP contribution < -0.4 is 11.3 Å². The molecule has 3 N–H and O–H groups in total. The van der Waals surface area contributed by atoms with E-state index in [1.807, 2.05) is 0 Å². The summed E-state index contributed by atoms with van der Waals surface area (Å²) in [7, 11) is 0. The lowest BCUT2D eigenvalue weighted by atomic mass is 9.78. The molecule has 18 heavy (non-hydrogen) atoms. The van der Waals surface area contributed by atoms with Gasteiger partial charge in [0, 0.05) is 6.04 Å². The predicted octanol–water partition coefficient (Wildman–Crippen LogP) is 1.98. The lowest BCUT2D eigenvalue weighted by Gasteiger charge is -2.43. The van der Waals surface area contributed by atoms with Crippen LogP contribution in [0.15, 0.2) is 0 Å². The topological polar surface area (TPSA) is 67.1 Å². The Balaban J connectivity index is 1.66. The SMILES string of the molecule is NNc1nnc(CN2CCC[C@H]3CCCC[C@H]32)s1. The summed E-state index contributed by atoms with van der Waals surface area (Å²) in [5, 5.41) is 10.0. The third-order valence-corrected chi connectivity index (χ3v) is 5.13. The fourth-order valence-corrected chi connectivity index (χ4v) is 4.15. The van der Waals surface area contributed by atoms with Gasteiger partial charge in [0.05, 0.1) is 6.54 Å². The zero-order valence-corrected chi connectivity index (χ0v) is 11.5. The average molecular weight is 267 g/mol. The molecule has 0 amide bonds. The van der Waals surface area contributed by atoms with Gasteiger partial charge >= 0.3 is 0 Å². The molecule has 0 spiro atoms. The van der Waals surface area contributed by atoms with E-state index in [2.05, 4.69) is 20.5 Å². The molecule has 0 unspecified atom stereocenters. The molecule has 3 rings (SSSR count). The summed E-state index contributed by atoms with van der Waals surface area (Å²) < 4.78 is 0. The molecule has 2 atom stereocenters. The Morgan fingerprint density at radius 1 is 1.22 bits per heavy atom. The molecule has 1 saturated carbocycles. The third kappa shape index (κ3) is 2.50. The van der Waals surface area contributed by atoms with Crippen LogP contribution in [0, 0.1) is 5.92 Å². The Hall–Kier alpha value is -0.720. The van der Waals surface area contributed by atoms with Crippen LogP contribution in [-0.4, -0.2) is 27.7 Å². The standard InChI is InChI=1S/C12H21N5S/c13-14-12-16-15-11(18-12)8-17-7-3-5-9-4-1-2-6-10(9)17/h9-10H,1-8,13H2,(H,14,16)/t9-,10-/m1/s1. The van der Waals surface area contributed by atoms with E-state index in [1.165, 1.54) is 45.1 Å². The van der Waals surface area contributed by atoms with Crippen molar-refractivity contribution in [2.24, 2.45) is 11.8 Å². The Kier molecular flexibility index (Phi) is 3.77. The van der Waals surface area contributed by atoms with Crippen molar-refractivity contribution in [1.82, 2.24) is 15.1 Å². The zero-order chi connectivity index (χ0) is 12.4. The molecule has 2 heterocycles. The first-order valence-corrected chi connectivity index (χ1v) is 7.71. The molecule has 6 heteroatoms. The molecule has 1 saturated heterocycles. The number of rotatable bonds is 3. The van der Waals surface area contributed by atoms with E-state index in [0.717, 1.165) is 23.5 Å². The number of nitrogen functional groups attached to an aromatic ring is 1. The number of nitrogens with zero attached hydrogens (tertiary/aromatic N) is 3. The van der Waals surface area contributed by atoms with Crippen molar-refractivity contribution < 1.29 is 0 Å². The molecule has 0 radical (unpaired) electrons. The number of hydrogen-bond donors (Lipinski definition) is 2. The van der Waals surface area contributed by atoms with Crippen LogP contribution in [0.1, 0.15) is 43.5 Å². The Bertz CT molecular complexity index is 392. The van der Waals surface area contributed by atoms with E-state index < -0.39 is 0 Å². The van der Waals surface area contributed by atoms with Gasteiger partial charge in [-0.1, -0.05) is 24.2 Å². The maximum atomic E-state index is 5.35. The summed E-state index contributed by atoms with van der Waals surface area (Å²) in [4.78, 5) is 2.62. The molecular formula is C12H21N5S. The van der Waals surface area contributed by atoms with E-state index in [0.29, 0.717) is 5.13 Å². The maximum Gasteiger partial charge on any atom is 0.219 e. The number of fused-ring (bicyclic) bond motifs is 1. The molecule has 0 bridgehead atoms. The zero-order valence-electron chi connectivity index (χ0n) is 10.6.